The molecule has 0 atom stereocenters. The zero-order valence-corrected chi connectivity index (χ0v) is 17.7. The molecule has 0 aliphatic rings. The Bertz CT molecular complexity index is 858. The Labute approximate surface area is 179 Å². The number of aromatic amines is 1. The minimum Gasteiger partial charge on any atom is -0.394 e. The van der Waals surface area contributed by atoms with Gasteiger partial charge in [-0.15, -0.1) is 0 Å². The Kier molecular flexibility index (Phi) is 10.1. The van der Waals surface area contributed by atoms with Crippen molar-refractivity contribution in [2.45, 2.75) is 38.6 Å². The van der Waals surface area contributed by atoms with Gasteiger partial charge in [0.25, 0.3) is 5.56 Å². The Balaban J connectivity index is 1.88. The van der Waals surface area contributed by atoms with Crippen molar-refractivity contribution in [2.24, 2.45) is 0 Å². The lowest BCUT2D eigenvalue weighted by molar-refractivity contribution is 0.0895. The number of hydrogen-bond donors (Lipinski definition) is 4. The van der Waals surface area contributed by atoms with E-state index in [0.717, 1.165) is 37.5 Å². The van der Waals surface area contributed by atoms with Gasteiger partial charge < -0.3 is 20.6 Å². The maximum absolute atomic E-state index is 12.4. The highest BCUT2D eigenvalue weighted by atomic mass is 35.5. The summed E-state index contributed by atoms with van der Waals surface area (Å²) in [5.74, 6) is 0.310. The maximum atomic E-state index is 12.4. The fourth-order valence-electron chi connectivity index (χ4n) is 2.82. The number of H-pyrrole nitrogens is 1. The largest absolute Gasteiger partial charge is 0.394 e. The van der Waals surface area contributed by atoms with Crippen molar-refractivity contribution in [3.05, 3.63) is 55.4 Å². The van der Waals surface area contributed by atoms with Crippen molar-refractivity contribution in [3.63, 3.8) is 0 Å². The second kappa shape index (κ2) is 12.6. The predicted octanol–water partition coefficient (Wildman–Crippen LogP) is 3.80. The molecule has 158 valence electrons. The molecule has 0 spiro atoms. The molecule has 1 aromatic carbocycles. The van der Waals surface area contributed by atoms with Crippen molar-refractivity contribution in [1.82, 2.24) is 9.97 Å². The summed E-state index contributed by atoms with van der Waals surface area (Å²) in [4.78, 5) is 19.5. The standard InChI is InChI=1S/C20H26Cl2N4O3/c21-16-7-6-14(11-17(16)22)13-24-20-25-18(12-23)15(19(28)26-20)5-3-1-2-4-9-29-10-8-27/h6-7,11-12,23,27H,1-5,8-10,13H2,(H2,24,25,26,28). The average Bonchev–Trinajstić information content (AvgIpc) is 2.71. The van der Waals surface area contributed by atoms with Crippen LogP contribution in [0.25, 0.3) is 0 Å². The van der Waals surface area contributed by atoms with Crippen LogP contribution >= 0.6 is 23.2 Å². The molecular weight excluding hydrogens is 415 g/mol. The Morgan fingerprint density at radius 2 is 1.97 bits per heavy atom. The van der Waals surface area contributed by atoms with Crippen molar-refractivity contribution in [2.75, 3.05) is 25.1 Å². The molecule has 7 nitrogen and oxygen atoms in total. The monoisotopic (exact) mass is 440 g/mol. The summed E-state index contributed by atoms with van der Waals surface area (Å²) in [6.45, 7) is 1.46. The Hall–Kier alpha value is -1.93. The molecule has 0 saturated heterocycles. The molecule has 1 heterocycles. The number of aromatic nitrogens is 2. The van der Waals surface area contributed by atoms with Crippen LogP contribution in [0.3, 0.4) is 0 Å². The molecule has 0 amide bonds. The van der Waals surface area contributed by atoms with Crippen molar-refractivity contribution < 1.29 is 9.84 Å². The van der Waals surface area contributed by atoms with E-state index in [1.807, 2.05) is 6.07 Å². The molecule has 4 N–H and O–H groups in total. The number of aliphatic hydroxyl groups excluding tert-OH is 1. The van der Waals surface area contributed by atoms with E-state index in [0.29, 0.717) is 53.4 Å². The first-order valence-corrected chi connectivity index (χ1v) is 10.3. The number of halogens is 2. The molecule has 0 saturated carbocycles. The van der Waals surface area contributed by atoms with E-state index in [1.165, 1.54) is 0 Å². The lowest BCUT2D eigenvalue weighted by Gasteiger charge is -2.10. The number of nitrogens with zero attached hydrogens (tertiary/aromatic N) is 1. The van der Waals surface area contributed by atoms with E-state index < -0.39 is 0 Å². The first kappa shape index (κ1) is 23.3. The second-order valence-corrected chi connectivity index (χ2v) is 7.34. The quantitative estimate of drug-likeness (QED) is 0.279. The van der Waals surface area contributed by atoms with Gasteiger partial charge in [-0.1, -0.05) is 42.1 Å². The fraction of sp³-hybridized carbons (Fsp3) is 0.450. The number of benzene rings is 1. The van der Waals surface area contributed by atoms with Crippen LogP contribution in [0.15, 0.2) is 23.0 Å². The topological polar surface area (TPSA) is 111 Å². The highest BCUT2D eigenvalue weighted by molar-refractivity contribution is 6.42. The smallest absolute Gasteiger partial charge is 0.256 e. The third-order valence-electron chi connectivity index (χ3n) is 4.33. The number of aliphatic hydroxyl groups is 1. The lowest BCUT2D eigenvalue weighted by atomic mass is 10.1. The second-order valence-electron chi connectivity index (χ2n) is 6.52. The van der Waals surface area contributed by atoms with E-state index >= 15 is 0 Å². The molecule has 2 aromatic rings. The van der Waals surface area contributed by atoms with Gasteiger partial charge in [0.15, 0.2) is 0 Å². The lowest BCUT2D eigenvalue weighted by Crippen LogP contribution is -2.20. The summed E-state index contributed by atoms with van der Waals surface area (Å²) in [6.07, 6.45) is 5.37. The maximum Gasteiger partial charge on any atom is 0.256 e. The first-order valence-electron chi connectivity index (χ1n) is 9.55. The van der Waals surface area contributed by atoms with Crippen molar-refractivity contribution >= 4 is 35.4 Å². The van der Waals surface area contributed by atoms with E-state index in [-0.39, 0.29) is 12.2 Å². The van der Waals surface area contributed by atoms with Gasteiger partial charge in [-0.25, -0.2) is 4.98 Å². The molecule has 0 unspecified atom stereocenters. The van der Waals surface area contributed by atoms with Gasteiger partial charge in [0, 0.05) is 24.9 Å². The first-order chi connectivity index (χ1) is 14.0. The van der Waals surface area contributed by atoms with Crippen LogP contribution in [-0.4, -0.2) is 41.1 Å². The van der Waals surface area contributed by atoms with Crippen LogP contribution in [0.1, 0.15) is 42.5 Å². The zero-order chi connectivity index (χ0) is 21.1. The molecule has 0 aliphatic heterocycles. The molecule has 0 aliphatic carbocycles. The zero-order valence-electron chi connectivity index (χ0n) is 16.1. The highest BCUT2D eigenvalue weighted by Gasteiger charge is 2.10. The summed E-state index contributed by atoms with van der Waals surface area (Å²) in [5.41, 5.74) is 1.56. The van der Waals surface area contributed by atoms with Gasteiger partial charge in [-0.05, 0) is 37.0 Å². The van der Waals surface area contributed by atoms with Crippen molar-refractivity contribution in [3.8, 4) is 0 Å². The minimum atomic E-state index is -0.235. The molecule has 0 radical (unpaired) electrons. The number of hydrogen-bond acceptors (Lipinski definition) is 6. The summed E-state index contributed by atoms with van der Waals surface area (Å²) < 4.78 is 5.22. The number of ether oxygens (including phenoxy) is 1. The average molecular weight is 441 g/mol. The Morgan fingerprint density at radius 3 is 2.69 bits per heavy atom. The molecule has 9 heteroatoms. The van der Waals surface area contributed by atoms with Crippen LogP contribution < -0.4 is 10.9 Å². The third kappa shape index (κ3) is 7.78. The number of unbranched alkanes of at least 4 members (excludes halogenated alkanes) is 3. The van der Waals surface area contributed by atoms with Gasteiger partial charge in [0.05, 0.1) is 29.0 Å². The van der Waals surface area contributed by atoms with Crippen LogP contribution in [-0.2, 0) is 17.7 Å². The van der Waals surface area contributed by atoms with Gasteiger partial charge >= 0.3 is 0 Å². The van der Waals surface area contributed by atoms with Crippen LogP contribution in [0.5, 0.6) is 0 Å². The molecule has 1 aromatic heterocycles. The van der Waals surface area contributed by atoms with Crippen LogP contribution in [0.2, 0.25) is 10.0 Å². The van der Waals surface area contributed by atoms with Gasteiger partial charge in [-0.3, -0.25) is 9.78 Å². The van der Waals surface area contributed by atoms with E-state index in [4.69, 9.17) is 38.5 Å². The van der Waals surface area contributed by atoms with E-state index in [1.54, 1.807) is 12.1 Å². The minimum absolute atomic E-state index is 0.0421. The summed E-state index contributed by atoms with van der Waals surface area (Å²) in [6, 6.07) is 5.29. The normalized spacial score (nSPS) is 10.9. The molecule has 0 fully saturated rings. The molecule has 2 rings (SSSR count). The van der Waals surface area contributed by atoms with E-state index in [2.05, 4.69) is 15.3 Å². The van der Waals surface area contributed by atoms with Gasteiger partial charge in [0.1, 0.15) is 0 Å². The Morgan fingerprint density at radius 1 is 1.17 bits per heavy atom. The van der Waals surface area contributed by atoms with Crippen LogP contribution in [0.4, 0.5) is 5.95 Å². The number of rotatable bonds is 13. The highest BCUT2D eigenvalue weighted by Crippen LogP contribution is 2.22. The van der Waals surface area contributed by atoms with Gasteiger partial charge in [0.2, 0.25) is 5.95 Å². The molecule has 0 bridgehead atoms. The third-order valence-corrected chi connectivity index (χ3v) is 5.07. The molecule has 29 heavy (non-hydrogen) atoms. The summed E-state index contributed by atoms with van der Waals surface area (Å²) in [5, 5.41) is 20.2. The number of nitrogens with one attached hydrogen (secondary N) is 3. The predicted molar refractivity (Wildman–Crippen MR) is 117 cm³/mol. The summed E-state index contributed by atoms with van der Waals surface area (Å²) in [7, 11) is 0. The van der Waals surface area contributed by atoms with Crippen LogP contribution in [0, 0.1) is 5.41 Å². The fourth-order valence-corrected chi connectivity index (χ4v) is 3.14. The SMILES string of the molecule is N=Cc1nc(NCc2ccc(Cl)c(Cl)c2)[nH]c(=O)c1CCCCCCOCCO. The number of anilines is 1. The summed E-state index contributed by atoms with van der Waals surface area (Å²) >= 11 is 11.9. The molecular formula is C20H26Cl2N4O3. The van der Waals surface area contributed by atoms with Crippen molar-refractivity contribution in [1.29, 1.82) is 5.41 Å². The van der Waals surface area contributed by atoms with E-state index in [9.17, 15) is 4.79 Å². The van der Waals surface area contributed by atoms with Gasteiger partial charge in [-0.2, -0.15) is 0 Å².